The van der Waals surface area contributed by atoms with Gasteiger partial charge in [-0.05, 0) is 50.0 Å². The fourth-order valence-corrected chi connectivity index (χ4v) is 5.55. The number of methoxy groups -OCH3 is 1. The first kappa shape index (κ1) is 16.2. The van der Waals surface area contributed by atoms with Crippen molar-refractivity contribution >= 4 is 10.9 Å². The van der Waals surface area contributed by atoms with E-state index < -0.39 is 0 Å². The maximum Gasteiger partial charge on any atom is 0.120 e. The second-order valence-electron chi connectivity index (χ2n) is 8.56. The maximum atomic E-state index is 5.94. The van der Waals surface area contributed by atoms with E-state index in [1.54, 1.807) is 7.11 Å². The van der Waals surface area contributed by atoms with E-state index in [0.717, 1.165) is 31.7 Å². The summed E-state index contributed by atoms with van der Waals surface area (Å²) in [5, 5.41) is 1.36. The van der Waals surface area contributed by atoms with Gasteiger partial charge < -0.3 is 14.5 Å². The molecule has 2 aromatic rings. The summed E-state index contributed by atoms with van der Waals surface area (Å²) in [6.45, 7) is 9.18. The van der Waals surface area contributed by atoms with Gasteiger partial charge in [0.1, 0.15) is 5.75 Å². The fourth-order valence-electron chi connectivity index (χ4n) is 5.55. The van der Waals surface area contributed by atoms with E-state index in [1.165, 1.54) is 27.7 Å². The minimum Gasteiger partial charge on any atom is -0.498 e. The molecule has 3 aliphatic rings. The molecule has 1 fully saturated rings. The first-order valence-electron chi connectivity index (χ1n) is 9.76. The lowest BCUT2D eigenvalue weighted by Crippen LogP contribution is -2.55. The molecule has 1 N–H and O–H groups in total. The molecule has 0 saturated carbocycles. The molecule has 0 amide bonds. The zero-order chi connectivity index (χ0) is 18.1. The van der Waals surface area contributed by atoms with Crippen molar-refractivity contribution in [3.8, 4) is 5.75 Å². The number of fused-ring (bicyclic) bond motifs is 6. The summed E-state index contributed by atoms with van der Waals surface area (Å²) in [5.41, 5.74) is 5.74. The van der Waals surface area contributed by atoms with E-state index in [4.69, 9.17) is 9.47 Å². The second kappa shape index (κ2) is 5.53. The molecule has 0 aliphatic carbocycles. The zero-order valence-electron chi connectivity index (χ0n) is 16.1. The lowest BCUT2D eigenvalue weighted by molar-refractivity contribution is -0.0652. The zero-order valence-corrected chi connectivity index (χ0v) is 16.1. The second-order valence-corrected chi connectivity index (χ2v) is 8.56. The smallest absolute Gasteiger partial charge is 0.120 e. The van der Waals surface area contributed by atoms with Crippen molar-refractivity contribution in [3.63, 3.8) is 0 Å². The molecule has 1 aromatic carbocycles. The normalized spacial score (nSPS) is 33.7. The van der Waals surface area contributed by atoms with Crippen molar-refractivity contribution in [1.82, 2.24) is 9.88 Å². The molecule has 4 nitrogen and oxygen atoms in total. The average Bonchev–Trinajstić information content (AvgIpc) is 3.02. The van der Waals surface area contributed by atoms with E-state index in [9.17, 15) is 0 Å². The van der Waals surface area contributed by atoms with Crippen LogP contribution in [-0.2, 0) is 11.2 Å². The maximum absolute atomic E-state index is 5.94. The van der Waals surface area contributed by atoms with Crippen LogP contribution in [0.1, 0.15) is 44.5 Å². The number of nitrogens with one attached hydrogen (secondary N) is 1. The summed E-state index contributed by atoms with van der Waals surface area (Å²) >= 11 is 0. The molecular weight excluding hydrogens is 324 g/mol. The molecule has 3 aliphatic heterocycles. The molecule has 4 heterocycles. The molecule has 26 heavy (non-hydrogen) atoms. The number of benzene rings is 1. The minimum absolute atomic E-state index is 0.211. The third kappa shape index (κ3) is 2.11. The molecule has 4 atom stereocenters. The van der Waals surface area contributed by atoms with Crippen LogP contribution in [0.5, 0.6) is 5.75 Å². The predicted molar refractivity (Wildman–Crippen MR) is 103 cm³/mol. The molecule has 1 aromatic heterocycles. The van der Waals surface area contributed by atoms with Crippen LogP contribution >= 0.6 is 0 Å². The van der Waals surface area contributed by atoms with Crippen LogP contribution in [0.25, 0.3) is 10.9 Å². The highest BCUT2D eigenvalue weighted by Gasteiger charge is 2.51. The highest BCUT2D eigenvalue weighted by molar-refractivity contribution is 5.86. The number of hydrogen-bond acceptors (Lipinski definition) is 3. The number of aromatic nitrogens is 1. The van der Waals surface area contributed by atoms with Crippen molar-refractivity contribution < 1.29 is 9.47 Å². The van der Waals surface area contributed by atoms with Gasteiger partial charge in [0.15, 0.2) is 0 Å². The van der Waals surface area contributed by atoms with Gasteiger partial charge in [-0.2, -0.15) is 0 Å². The molecule has 1 saturated heterocycles. The van der Waals surface area contributed by atoms with Gasteiger partial charge in [-0.15, -0.1) is 0 Å². The number of H-pyrrole nitrogens is 1. The van der Waals surface area contributed by atoms with Gasteiger partial charge in [0.2, 0.25) is 0 Å². The number of allylic oxidation sites excluding steroid dienone is 1. The van der Waals surface area contributed by atoms with Crippen molar-refractivity contribution in [2.24, 2.45) is 11.3 Å². The molecule has 0 radical (unpaired) electrons. The molecule has 5 rings (SSSR count). The molecule has 4 unspecified atom stereocenters. The molecule has 0 spiro atoms. The van der Waals surface area contributed by atoms with E-state index in [2.05, 4.69) is 48.9 Å². The Morgan fingerprint density at radius 2 is 2.19 bits per heavy atom. The molecule has 4 heteroatoms. The number of rotatable bonds is 1. The first-order chi connectivity index (χ1) is 12.5. The van der Waals surface area contributed by atoms with Crippen molar-refractivity contribution in [2.75, 3.05) is 20.2 Å². The Kier molecular flexibility index (Phi) is 3.45. The standard InChI is InChI=1S/C22H28N2O2/c1-13-12-26-14(2)18-11-24-8-7-17-16-6-5-15(25-4)9-19(16)23-21(17)20(24)10-22(13,18)3/h5-6,9,12,14,18,20,23H,7-8,10-11H2,1-4H3. The summed E-state index contributed by atoms with van der Waals surface area (Å²) < 4.78 is 11.4. The average molecular weight is 352 g/mol. The largest absolute Gasteiger partial charge is 0.498 e. The van der Waals surface area contributed by atoms with Gasteiger partial charge in [-0.3, -0.25) is 4.90 Å². The SMILES string of the molecule is COc1ccc2c3c([nH]c2c1)C1CC2(C)C(C)=COC(C)C2CN1CC3. The first-order valence-corrected chi connectivity index (χ1v) is 9.76. The van der Waals surface area contributed by atoms with Crippen LogP contribution in [-0.4, -0.2) is 36.2 Å². The highest BCUT2D eigenvalue weighted by Crippen LogP contribution is 2.54. The summed E-state index contributed by atoms with van der Waals surface area (Å²) in [7, 11) is 1.73. The quantitative estimate of drug-likeness (QED) is 0.825. The number of piperidine rings is 1. The minimum atomic E-state index is 0.211. The monoisotopic (exact) mass is 352 g/mol. The van der Waals surface area contributed by atoms with Crippen LogP contribution in [0.2, 0.25) is 0 Å². The van der Waals surface area contributed by atoms with Gasteiger partial charge >= 0.3 is 0 Å². The van der Waals surface area contributed by atoms with Crippen LogP contribution < -0.4 is 4.74 Å². The van der Waals surface area contributed by atoms with Crippen molar-refractivity contribution in [1.29, 1.82) is 0 Å². The number of aromatic amines is 1. The third-order valence-corrected chi connectivity index (χ3v) is 7.36. The van der Waals surface area contributed by atoms with Gasteiger partial charge in [0, 0.05) is 47.1 Å². The van der Waals surface area contributed by atoms with Gasteiger partial charge in [0.25, 0.3) is 0 Å². The van der Waals surface area contributed by atoms with E-state index >= 15 is 0 Å². The molecule has 138 valence electrons. The van der Waals surface area contributed by atoms with Gasteiger partial charge in [0.05, 0.1) is 25.5 Å². The van der Waals surface area contributed by atoms with Gasteiger partial charge in [-0.25, -0.2) is 0 Å². The van der Waals surface area contributed by atoms with E-state index in [-0.39, 0.29) is 11.5 Å². The van der Waals surface area contributed by atoms with Crippen LogP contribution in [0.3, 0.4) is 0 Å². The third-order valence-electron chi connectivity index (χ3n) is 7.36. The Balaban J connectivity index is 1.59. The Hall–Kier alpha value is -1.94. The van der Waals surface area contributed by atoms with E-state index in [0.29, 0.717) is 12.0 Å². The summed E-state index contributed by atoms with van der Waals surface area (Å²) in [6.07, 6.45) is 4.57. The van der Waals surface area contributed by atoms with Crippen LogP contribution in [0, 0.1) is 11.3 Å². The van der Waals surface area contributed by atoms with Gasteiger partial charge in [-0.1, -0.05) is 6.92 Å². The molecule has 0 bridgehead atoms. The number of hydrogen-bond donors (Lipinski definition) is 1. The Morgan fingerprint density at radius 3 is 3.00 bits per heavy atom. The lowest BCUT2D eigenvalue weighted by atomic mass is 9.62. The fraction of sp³-hybridized carbons (Fsp3) is 0.545. The Morgan fingerprint density at radius 1 is 1.35 bits per heavy atom. The molecular formula is C22H28N2O2. The van der Waals surface area contributed by atoms with E-state index in [1.807, 2.05) is 6.26 Å². The van der Waals surface area contributed by atoms with Crippen LogP contribution in [0.4, 0.5) is 0 Å². The number of nitrogens with zero attached hydrogens (tertiary/aromatic N) is 1. The predicted octanol–water partition coefficient (Wildman–Crippen LogP) is 4.42. The van der Waals surface area contributed by atoms with Crippen molar-refractivity contribution in [3.05, 3.63) is 41.3 Å². The summed E-state index contributed by atoms with van der Waals surface area (Å²) in [4.78, 5) is 6.44. The number of ether oxygens (including phenoxy) is 2. The Bertz CT molecular complexity index is 899. The summed E-state index contributed by atoms with van der Waals surface area (Å²) in [5.74, 6) is 1.48. The Labute approximate surface area is 155 Å². The summed E-state index contributed by atoms with van der Waals surface area (Å²) in [6, 6.07) is 6.89. The highest BCUT2D eigenvalue weighted by atomic mass is 16.5. The topological polar surface area (TPSA) is 37.5 Å². The van der Waals surface area contributed by atoms with Crippen molar-refractivity contribution in [2.45, 2.75) is 45.8 Å². The lowest BCUT2D eigenvalue weighted by Gasteiger charge is -2.55. The van der Waals surface area contributed by atoms with Crippen LogP contribution in [0.15, 0.2) is 30.0 Å².